The molecule has 26 heavy (non-hydrogen) atoms. The summed E-state index contributed by atoms with van der Waals surface area (Å²) in [4.78, 5) is 14.8. The minimum Gasteiger partial charge on any atom is -0.497 e. The molecule has 1 amide bonds. The number of hydrogen-bond donors (Lipinski definition) is 2. The molecule has 0 saturated carbocycles. The first kappa shape index (κ1) is 18.2. The maximum absolute atomic E-state index is 13.1. The summed E-state index contributed by atoms with van der Waals surface area (Å²) in [7, 11) is 1.55. The van der Waals surface area contributed by atoms with Gasteiger partial charge in [0.2, 0.25) is 0 Å². The van der Waals surface area contributed by atoms with Gasteiger partial charge in [-0.1, -0.05) is 24.3 Å². The Morgan fingerprint density at radius 3 is 2.88 bits per heavy atom. The Morgan fingerprint density at radius 2 is 2.12 bits per heavy atom. The van der Waals surface area contributed by atoms with E-state index in [0.717, 1.165) is 11.1 Å². The highest BCUT2D eigenvalue weighted by Gasteiger charge is 2.29. The van der Waals surface area contributed by atoms with Crippen LogP contribution in [0.25, 0.3) is 0 Å². The maximum Gasteiger partial charge on any atom is 0.258 e. The Balaban J connectivity index is 1.87. The summed E-state index contributed by atoms with van der Waals surface area (Å²) < 4.78 is 11.0. The van der Waals surface area contributed by atoms with Gasteiger partial charge in [-0.3, -0.25) is 4.79 Å². The van der Waals surface area contributed by atoms with E-state index in [0.29, 0.717) is 43.2 Å². The van der Waals surface area contributed by atoms with Crippen LogP contribution in [0.4, 0.5) is 0 Å². The van der Waals surface area contributed by atoms with Gasteiger partial charge in [0, 0.05) is 6.54 Å². The molecule has 2 aromatic carbocycles. The van der Waals surface area contributed by atoms with Crippen LogP contribution in [-0.4, -0.2) is 42.7 Å². The fourth-order valence-electron chi connectivity index (χ4n) is 3.10. The lowest BCUT2D eigenvalue weighted by atomic mass is 9.97. The van der Waals surface area contributed by atoms with E-state index < -0.39 is 6.10 Å². The van der Waals surface area contributed by atoms with Crippen LogP contribution >= 0.6 is 0 Å². The fourth-order valence-corrected chi connectivity index (χ4v) is 3.10. The molecular formula is C20H24N2O4. The third kappa shape index (κ3) is 3.81. The molecule has 1 atom stereocenters. The molecule has 1 aliphatic heterocycles. The third-order valence-corrected chi connectivity index (χ3v) is 4.48. The zero-order valence-corrected chi connectivity index (χ0v) is 14.9. The lowest BCUT2D eigenvalue weighted by Crippen LogP contribution is -2.38. The van der Waals surface area contributed by atoms with Crippen molar-refractivity contribution in [2.24, 2.45) is 5.73 Å². The van der Waals surface area contributed by atoms with E-state index in [1.807, 2.05) is 24.3 Å². The molecule has 0 spiro atoms. The van der Waals surface area contributed by atoms with Crippen molar-refractivity contribution in [3.63, 3.8) is 0 Å². The number of fused-ring (bicyclic) bond motifs is 1. The number of methoxy groups -OCH3 is 1. The van der Waals surface area contributed by atoms with Crippen molar-refractivity contribution in [1.29, 1.82) is 0 Å². The minimum atomic E-state index is -0.698. The van der Waals surface area contributed by atoms with Crippen LogP contribution in [0, 0.1) is 0 Å². The van der Waals surface area contributed by atoms with Gasteiger partial charge in [0.25, 0.3) is 5.91 Å². The number of carbonyl (C=O) groups excluding carboxylic acids is 1. The molecule has 0 unspecified atom stereocenters. The molecule has 1 heterocycles. The van der Waals surface area contributed by atoms with Gasteiger partial charge in [-0.25, -0.2) is 0 Å². The smallest absolute Gasteiger partial charge is 0.258 e. The normalized spacial score (nSPS) is 16.1. The number of amides is 1. The molecule has 0 bridgehead atoms. The number of nitrogens with zero attached hydrogens (tertiary/aromatic N) is 1. The molecule has 6 heteroatoms. The number of benzene rings is 2. The van der Waals surface area contributed by atoms with Crippen molar-refractivity contribution in [3.8, 4) is 11.5 Å². The van der Waals surface area contributed by atoms with Crippen LogP contribution in [-0.2, 0) is 6.54 Å². The summed E-state index contributed by atoms with van der Waals surface area (Å²) in [6.07, 6.45) is 0.00579. The molecule has 0 fully saturated rings. The van der Waals surface area contributed by atoms with Crippen LogP contribution in [0.1, 0.15) is 34.0 Å². The van der Waals surface area contributed by atoms with Gasteiger partial charge in [-0.05, 0) is 42.3 Å². The minimum absolute atomic E-state index is 0.194. The maximum atomic E-state index is 13.1. The lowest BCUT2D eigenvalue weighted by molar-refractivity contribution is 0.0546. The quantitative estimate of drug-likeness (QED) is 0.775. The monoisotopic (exact) mass is 356 g/mol. The molecule has 0 radical (unpaired) electrons. The summed E-state index contributed by atoms with van der Waals surface area (Å²) in [6.45, 7) is 1.66. The lowest BCUT2D eigenvalue weighted by Gasteiger charge is -2.32. The number of aliphatic hydroxyl groups excluding tert-OH is 1. The summed E-state index contributed by atoms with van der Waals surface area (Å²) in [5.74, 6) is 0.885. The first-order chi connectivity index (χ1) is 12.6. The van der Waals surface area contributed by atoms with E-state index in [1.165, 1.54) is 0 Å². The molecule has 0 saturated heterocycles. The summed E-state index contributed by atoms with van der Waals surface area (Å²) in [5.41, 5.74) is 7.76. The standard InChI is InChI=1S/C20H24N2O4/c1-25-15-7-8-19(26-10-4-9-21)17(11-15)20(24)22-12-14-5-2-3-6-16(14)18(23)13-22/h2-3,5-8,11,18,23H,4,9-10,12-13,21H2,1H3/t18-/m0/s1. The second kappa shape index (κ2) is 8.21. The zero-order valence-electron chi connectivity index (χ0n) is 14.9. The first-order valence-electron chi connectivity index (χ1n) is 8.70. The Kier molecular flexibility index (Phi) is 5.75. The summed E-state index contributed by atoms with van der Waals surface area (Å²) in [5, 5.41) is 10.4. The van der Waals surface area contributed by atoms with Gasteiger partial charge in [0.15, 0.2) is 0 Å². The van der Waals surface area contributed by atoms with Crippen LogP contribution in [0.5, 0.6) is 11.5 Å². The molecule has 138 valence electrons. The first-order valence-corrected chi connectivity index (χ1v) is 8.70. The van der Waals surface area contributed by atoms with Gasteiger partial charge in [0.1, 0.15) is 11.5 Å². The number of hydrogen-bond acceptors (Lipinski definition) is 5. The van der Waals surface area contributed by atoms with Crippen molar-refractivity contribution in [3.05, 3.63) is 59.2 Å². The van der Waals surface area contributed by atoms with Crippen LogP contribution in [0.2, 0.25) is 0 Å². The van der Waals surface area contributed by atoms with E-state index in [-0.39, 0.29) is 12.5 Å². The summed E-state index contributed by atoms with van der Waals surface area (Å²) in [6, 6.07) is 12.8. The highest BCUT2D eigenvalue weighted by molar-refractivity contribution is 5.97. The molecule has 6 nitrogen and oxygen atoms in total. The Hall–Kier alpha value is -2.57. The van der Waals surface area contributed by atoms with Crippen molar-refractivity contribution in [1.82, 2.24) is 4.90 Å². The van der Waals surface area contributed by atoms with Gasteiger partial charge in [-0.15, -0.1) is 0 Å². The average molecular weight is 356 g/mol. The predicted molar refractivity (Wildman–Crippen MR) is 98.3 cm³/mol. The fraction of sp³-hybridized carbons (Fsp3) is 0.350. The number of rotatable bonds is 6. The van der Waals surface area contributed by atoms with Crippen molar-refractivity contribution >= 4 is 5.91 Å². The molecular weight excluding hydrogens is 332 g/mol. The van der Waals surface area contributed by atoms with Gasteiger partial charge in [0.05, 0.1) is 31.9 Å². The molecule has 0 aromatic heterocycles. The van der Waals surface area contributed by atoms with Crippen molar-refractivity contribution < 1.29 is 19.4 Å². The zero-order chi connectivity index (χ0) is 18.5. The number of aliphatic hydroxyl groups is 1. The van der Waals surface area contributed by atoms with Gasteiger partial charge in [-0.2, -0.15) is 0 Å². The van der Waals surface area contributed by atoms with Gasteiger partial charge < -0.3 is 25.2 Å². The van der Waals surface area contributed by atoms with Crippen molar-refractivity contribution in [2.75, 3.05) is 26.8 Å². The Labute approximate surface area is 153 Å². The predicted octanol–water partition coefficient (Wildman–Crippen LogP) is 2.11. The number of β-amino-alcohol motifs (C(OH)–C–C–N with tert-alkyl or cyclic N) is 1. The molecule has 3 rings (SSSR count). The Bertz CT molecular complexity index is 778. The van der Waals surface area contributed by atoms with E-state index in [9.17, 15) is 9.90 Å². The van der Waals surface area contributed by atoms with Crippen LogP contribution in [0.15, 0.2) is 42.5 Å². The number of nitrogens with two attached hydrogens (primary N) is 1. The second-order valence-electron chi connectivity index (χ2n) is 6.25. The third-order valence-electron chi connectivity index (χ3n) is 4.48. The topological polar surface area (TPSA) is 85.0 Å². The van der Waals surface area contributed by atoms with Gasteiger partial charge >= 0.3 is 0 Å². The van der Waals surface area contributed by atoms with Crippen molar-refractivity contribution in [2.45, 2.75) is 19.1 Å². The highest BCUT2D eigenvalue weighted by Crippen LogP contribution is 2.31. The van der Waals surface area contributed by atoms with Crippen LogP contribution in [0.3, 0.4) is 0 Å². The van der Waals surface area contributed by atoms with Crippen LogP contribution < -0.4 is 15.2 Å². The molecule has 2 aromatic rings. The second-order valence-corrected chi connectivity index (χ2v) is 6.25. The molecule has 3 N–H and O–H groups in total. The number of ether oxygens (including phenoxy) is 2. The SMILES string of the molecule is COc1ccc(OCCCN)c(C(=O)N2Cc3ccccc3[C@@H](O)C2)c1. The average Bonchev–Trinajstić information content (AvgIpc) is 2.67. The number of carbonyl (C=O) groups is 1. The molecule has 1 aliphatic rings. The molecule has 0 aliphatic carbocycles. The van der Waals surface area contributed by atoms with E-state index >= 15 is 0 Å². The summed E-state index contributed by atoms with van der Waals surface area (Å²) >= 11 is 0. The van der Waals surface area contributed by atoms with E-state index in [2.05, 4.69) is 0 Å². The highest BCUT2D eigenvalue weighted by atomic mass is 16.5. The van der Waals surface area contributed by atoms with E-state index in [4.69, 9.17) is 15.2 Å². The van der Waals surface area contributed by atoms with E-state index in [1.54, 1.807) is 30.2 Å². The Morgan fingerprint density at radius 1 is 1.31 bits per heavy atom. The largest absolute Gasteiger partial charge is 0.497 e.